The third-order valence-corrected chi connectivity index (χ3v) is 4.30. The zero-order chi connectivity index (χ0) is 24.4. The number of aromatic nitrogens is 1. The molecule has 1 heterocycles. The Morgan fingerprint density at radius 1 is 1.06 bits per heavy atom. The van der Waals surface area contributed by atoms with Crippen LogP contribution >= 0.6 is 11.6 Å². The normalized spacial score (nSPS) is 12.1. The van der Waals surface area contributed by atoms with Crippen molar-refractivity contribution < 1.29 is 41.7 Å². The SMILES string of the molecule is O=C(COc1ccc(C(F)(F)F)nc1)NCCC(O)CNC(=O)COc1ccc(Cl)c(F)c1. The van der Waals surface area contributed by atoms with Gasteiger partial charge in [-0.1, -0.05) is 11.6 Å². The first kappa shape index (κ1) is 26.1. The Hall–Kier alpha value is -3.12. The summed E-state index contributed by atoms with van der Waals surface area (Å²) in [6, 6.07) is 5.49. The van der Waals surface area contributed by atoms with Gasteiger partial charge in [-0.3, -0.25) is 9.59 Å². The zero-order valence-corrected chi connectivity index (χ0v) is 17.8. The van der Waals surface area contributed by atoms with Crippen LogP contribution in [0.5, 0.6) is 11.5 Å². The van der Waals surface area contributed by atoms with Crippen molar-refractivity contribution in [2.75, 3.05) is 26.3 Å². The van der Waals surface area contributed by atoms with Crippen LogP contribution in [0.3, 0.4) is 0 Å². The summed E-state index contributed by atoms with van der Waals surface area (Å²) >= 11 is 5.55. The average Bonchev–Trinajstić information content (AvgIpc) is 2.76. The lowest BCUT2D eigenvalue weighted by atomic mass is 10.2. The first-order valence-corrected chi connectivity index (χ1v) is 9.87. The maximum atomic E-state index is 13.3. The molecule has 2 rings (SSSR count). The number of carbonyl (C=O) groups excluding carboxylic acids is 2. The van der Waals surface area contributed by atoms with E-state index < -0.39 is 48.8 Å². The summed E-state index contributed by atoms with van der Waals surface area (Å²) in [5, 5.41) is 14.7. The fourth-order valence-electron chi connectivity index (χ4n) is 2.31. The van der Waals surface area contributed by atoms with Gasteiger partial charge in [-0.15, -0.1) is 0 Å². The minimum absolute atomic E-state index is 0.00976. The Labute approximate surface area is 190 Å². The largest absolute Gasteiger partial charge is 0.484 e. The van der Waals surface area contributed by atoms with E-state index in [1.807, 2.05) is 0 Å². The van der Waals surface area contributed by atoms with Crippen molar-refractivity contribution in [1.82, 2.24) is 15.6 Å². The highest BCUT2D eigenvalue weighted by Crippen LogP contribution is 2.28. The molecule has 0 aliphatic heterocycles. The van der Waals surface area contributed by atoms with Crippen molar-refractivity contribution in [2.45, 2.75) is 18.7 Å². The summed E-state index contributed by atoms with van der Waals surface area (Å²) in [4.78, 5) is 26.7. The number of rotatable bonds is 11. The summed E-state index contributed by atoms with van der Waals surface area (Å²) in [6.07, 6.45) is -4.58. The summed E-state index contributed by atoms with van der Waals surface area (Å²) in [5.74, 6) is -1.69. The zero-order valence-electron chi connectivity index (χ0n) is 17.0. The van der Waals surface area contributed by atoms with Gasteiger partial charge in [0, 0.05) is 19.2 Å². The van der Waals surface area contributed by atoms with Gasteiger partial charge in [-0.2, -0.15) is 13.2 Å². The third kappa shape index (κ3) is 9.49. The van der Waals surface area contributed by atoms with E-state index in [9.17, 15) is 32.3 Å². The van der Waals surface area contributed by atoms with Crippen LogP contribution in [0.4, 0.5) is 17.6 Å². The van der Waals surface area contributed by atoms with Crippen molar-refractivity contribution in [1.29, 1.82) is 0 Å². The molecule has 8 nitrogen and oxygen atoms in total. The van der Waals surface area contributed by atoms with Crippen LogP contribution in [-0.2, 0) is 15.8 Å². The number of nitrogens with zero attached hydrogens (tertiary/aromatic N) is 1. The van der Waals surface area contributed by atoms with E-state index in [0.717, 1.165) is 24.4 Å². The molecule has 2 amide bonds. The van der Waals surface area contributed by atoms with Crippen LogP contribution in [0, 0.1) is 5.82 Å². The quantitative estimate of drug-likeness (QED) is 0.415. The van der Waals surface area contributed by atoms with Gasteiger partial charge in [0.25, 0.3) is 11.8 Å². The fourth-order valence-corrected chi connectivity index (χ4v) is 2.43. The molecule has 3 N–H and O–H groups in total. The molecule has 1 unspecified atom stereocenters. The molecule has 0 saturated heterocycles. The molecule has 0 aliphatic carbocycles. The Kier molecular flexibility index (Phi) is 9.67. The van der Waals surface area contributed by atoms with Crippen molar-refractivity contribution in [3.8, 4) is 11.5 Å². The molecule has 1 aromatic heterocycles. The van der Waals surface area contributed by atoms with E-state index in [-0.39, 0.29) is 36.0 Å². The number of alkyl halides is 3. The van der Waals surface area contributed by atoms with Crippen LogP contribution in [-0.4, -0.2) is 54.3 Å². The minimum atomic E-state index is -4.57. The molecule has 0 fully saturated rings. The summed E-state index contributed by atoms with van der Waals surface area (Å²) in [5.41, 5.74) is -1.08. The predicted molar refractivity (Wildman–Crippen MR) is 108 cm³/mol. The van der Waals surface area contributed by atoms with E-state index in [4.69, 9.17) is 21.1 Å². The second kappa shape index (κ2) is 12.2. The first-order chi connectivity index (χ1) is 15.5. The van der Waals surface area contributed by atoms with Gasteiger partial charge >= 0.3 is 6.18 Å². The summed E-state index contributed by atoms with van der Waals surface area (Å²) in [6.45, 7) is -0.908. The second-order valence-corrected chi connectivity index (χ2v) is 7.03. The maximum Gasteiger partial charge on any atom is 0.433 e. The van der Waals surface area contributed by atoms with E-state index in [2.05, 4.69) is 15.6 Å². The number of pyridine rings is 1. The Balaban J connectivity index is 1.58. The lowest BCUT2D eigenvalue weighted by Crippen LogP contribution is -2.37. The number of carbonyl (C=O) groups is 2. The van der Waals surface area contributed by atoms with Gasteiger partial charge in [0.2, 0.25) is 0 Å². The molecule has 0 saturated carbocycles. The van der Waals surface area contributed by atoms with Gasteiger partial charge in [-0.25, -0.2) is 9.37 Å². The number of hydrogen-bond acceptors (Lipinski definition) is 6. The molecule has 0 radical (unpaired) electrons. The Morgan fingerprint density at radius 2 is 1.70 bits per heavy atom. The molecular weight excluding hydrogens is 474 g/mol. The number of nitrogens with one attached hydrogen (secondary N) is 2. The summed E-state index contributed by atoms with van der Waals surface area (Å²) < 4.78 is 60.8. The molecule has 2 aromatic rings. The second-order valence-electron chi connectivity index (χ2n) is 6.63. The van der Waals surface area contributed by atoms with Gasteiger partial charge in [-0.05, 0) is 30.7 Å². The van der Waals surface area contributed by atoms with Crippen LogP contribution in [0.25, 0.3) is 0 Å². The number of aliphatic hydroxyl groups is 1. The van der Waals surface area contributed by atoms with Gasteiger partial charge in [0.1, 0.15) is 23.0 Å². The number of ether oxygens (including phenoxy) is 2. The van der Waals surface area contributed by atoms with Crippen LogP contribution < -0.4 is 20.1 Å². The molecule has 0 bridgehead atoms. The van der Waals surface area contributed by atoms with Gasteiger partial charge < -0.3 is 25.2 Å². The number of benzene rings is 1. The molecule has 0 aliphatic rings. The maximum absolute atomic E-state index is 13.3. The number of amides is 2. The first-order valence-electron chi connectivity index (χ1n) is 9.50. The lowest BCUT2D eigenvalue weighted by molar-refractivity contribution is -0.141. The average molecular weight is 494 g/mol. The number of hydrogen-bond donors (Lipinski definition) is 3. The lowest BCUT2D eigenvalue weighted by Gasteiger charge is -2.13. The van der Waals surface area contributed by atoms with E-state index in [1.54, 1.807) is 0 Å². The third-order valence-electron chi connectivity index (χ3n) is 3.99. The van der Waals surface area contributed by atoms with Crippen molar-refractivity contribution in [2.24, 2.45) is 0 Å². The van der Waals surface area contributed by atoms with E-state index >= 15 is 0 Å². The standard InChI is InChI=1S/C20H20ClF4N3O5/c21-15-3-1-13(7-16(15)22)32-11-19(31)28-8-12(29)5-6-26-18(30)10-33-14-2-4-17(27-9-14)20(23,24)25/h1-4,7,9,12,29H,5-6,8,10-11H2,(H,26,30)(H,28,31). The van der Waals surface area contributed by atoms with E-state index in [1.165, 1.54) is 12.1 Å². The number of halogens is 5. The molecule has 180 valence electrons. The predicted octanol–water partition coefficient (Wildman–Crippen LogP) is 2.33. The molecule has 0 spiro atoms. The van der Waals surface area contributed by atoms with Gasteiger partial charge in [0.05, 0.1) is 17.3 Å². The van der Waals surface area contributed by atoms with Crippen molar-refractivity contribution >= 4 is 23.4 Å². The molecule has 13 heteroatoms. The minimum Gasteiger partial charge on any atom is -0.484 e. The highest BCUT2D eigenvalue weighted by Gasteiger charge is 2.32. The van der Waals surface area contributed by atoms with Crippen LogP contribution in [0.2, 0.25) is 5.02 Å². The van der Waals surface area contributed by atoms with Crippen LogP contribution in [0.1, 0.15) is 12.1 Å². The highest BCUT2D eigenvalue weighted by atomic mass is 35.5. The summed E-state index contributed by atoms with van der Waals surface area (Å²) in [7, 11) is 0. The Bertz CT molecular complexity index is 944. The number of aliphatic hydroxyl groups excluding tert-OH is 1. The van der Waals surface area contributed by atoms with Gasteiger partial charge in [0.15, 0.2) is 13.2 Å². The van der Waals surface area contributed by atoms with E-state index in [0.29, 0.717) is 0 Å². The van der Waals surface area contributed by atoms with Crippen molar-refractivity contribution in [3.63, 3.8) is 0 Å². The Morgan fingerprint density at radius 3 is 2.30 bits per heavy atom. The smallest absolute Gasteiger partial charge is 0.433 e. The molecule has 33 heavy (non-hydrogen) atoms. The highest BCUT2D eigenvalue weighted by molar-refractivity contribution is 6.30. The fraction of sp³-hybridized carbons (Fsp3) is 0.350. The topological polar surface area (TPSA) is 110 Å². The molecule has 1 atom stereocenters. The van der Waals surface area contributed by atoms with Crippen molar-refractivity contribution in [3.05, 3.63) is 53.1 Å². The molecular formula is C20H20ClF4N3O5. The monoisotopic (exact) mass is 493 g/mol. The van der Waals surface area contributed by atoms with Crippen LogP contribution in [0.15, 0.2) is 36.5 Å². The molecule has 1 aromatic carbocycles.